The van der Waals surface area contributed by atoms with Crippen molar-refractivity contribution >= 4 is 40.8 Å². The van der Waals surface area contributed by atoms with Crippen LogP contribution in [0.4, 0.5) is 0 Å². The van der Waals surface area contributed by atoms with Crippen LogP contribution in [-0.4, -0.2) is 30.6 Å². The molecule has 0 atom stereocenters. The Morgan fingerprint density at radius 2 is 2.00 bits per heavy atom. The van der Waals surface area contributed by atoms with Crippen molar-refractivity contribution in [1.82, 2.24) is 15.6 Å². The van der Waals surface area contributed by atoms with Crippen LogP contribution in [0.5, 0.6) is 0 Å². The number of aromatic amines is 1. The van der Waals surface area contributed by atoms with E-state index in [9.17, 15) is 0 Å². The molecule has 0 amide bonds. The van der Waals surface area contributed by atoms with Crippen LogP contribution < -0.4 is 10.6 Å². The van der Waals surface area contributed by atoms with E-state index in [4.69, 9.17) is 0 Å². The first-order valence-electron chi connectivity index (χ1n) is 7.42. The second-order valence-electron chi connectivity index (χ2n) is 4.80. The van der Waals surface area contributed by atoms with Gasteiger partial charge in [-0.3, -0.25) is 4.99 Å². The van der Waals surface area contributed by atoms with E-state index in [1.807, 2.05) is 0 Å². The standard InChI is InChI=1S/C16H24N4.HI/c1-3-10-18-16(17-4-2)19-11-9-13-12-20-15-8-6-5-7-14(13)15;/h5-8,12,20H,3-4,9-11H2,1-2H3,(H2,17,18,19);1H. The highest BCUT2D eigenvalue weighted by Gasteiger charge is 2.03. The van der Waals surface area contributed by atoms with Gasteiger partial charge in [0.1, 0.15) is 0 Å². The highest BCUT2D eigenvalue weighted by molar-refractivity contribution is 14.0. The zero-order valence-electron chi connectivity index (χ0n) is 12.8. The molecule has 1 aromatic heterocycles. The van der Waals surface area contributed by atoms with Gasteiger partial charge in [0.15, 0.2) is 5.96 Å². The third-order valence-corrected chi connectivity index (χ3v) is 3.20. The van der Waals surface area contributed by atoms with E-state index in [-0.39, 0.29) is 24.0 Å². The topological polar surface area (TPSA) is 52.2 Å². The van der Waals surface area contributed by atoms with Crippen molar-refractivity contribution in [2.75, 3.05) is 19.6 Å². The lowest BCUT2D eigenvalue weighted by atomic mass is 10.1. The van der Waals surface area contributed by atoms with Crippen LogP contribution in [0.25, 0.3) is 10.9 Å². The number of rotatable bonds is 6. The number of H-pyrrole nitrogens is 1. The average Bonchev–Trinajstić information content (AvgIpc) is 2.88. The molecule has 5 heteroatoms. The Hall–Kier alpha value is -1.24. The number of nitrogens with zero attached hydrogens (tertiary/aromatic N) is 1. The number of para-hydroxylation sites is 1. The lowest BCUT2D eigenvalue weighted by Gasteiger charge is -2.10. The predicted molar refractivity (Wildman–Crippen MR) is 102 cm³/mol. The molecule has 0 saturated heterocycles. The molecular formula is C16H25IN4. The fourth-order valence-electron chi connectivity index (χ4n) is 2.22. The summed E-state index contributed by atoms with van der Waals surface area (Å²) in [6, 6.07) is 8.41. The van der Waals surface area contributed by atoms with Crippen LogP contribution in [0.2, 0.25) is 0 Å². The number of aromatic nitrogens is 1. The van der Waals surface area contributed by atoms with Gasteiger partial charge < -0.3 is 15.6 Å². The van der Waals surface area contributed by atoms with Gasteiger partial charge >= 0.3 is 0 Å². The molecule has 0 bridgehead atoms. The normalized spacial score (nSPS) is 11.2. The fraction of sp³-hybridized carbons (Fsp3) is 0.438. The molecular weight excluding hydrogens is 375 g/mol. The van der Waals surface area contributed by atoms with E-state index in [2.05, 4.69) is 64.9 Å². The maximum absolute atomic E-state index is 4.50. The van der Waals surface area contributed by atoms with Crippen molar-refractivity contribution < 1.29 is 0 Å². The Morgan fingerprint density at radius 3 is 2.76 bits per heavy atom. The molecule has 4 nitrogen and oxygen atoms in total. The summed E-state index contributed by atoms with van der Waals surface area (Å²) < 4.78 is 0. The molecule has 3 N–H and O–H groups in total. The van der Waals surface area contributed by atoms with Crippen LogP contribution >= 0.6 is 24.0 Å². The molecule has 2 aromatic rings. The zero-order chi connectivity index (χ0) is 14.2. The van der Waals surface area contributed by atoms with E-state index >= 15 is 0 Å². The summed E-state index contributed by atoms with van der Waals surface area (Å²) in [6.07, 6.45) is 4.15. The highest BCUT2D eigenvalue weighted by Crippen LogP contribution is 2.17. The second kappa shape index (κ2) is 9.65. The largest absolute Gasteiger partial charge is 0.361 e. The molecule has 1 heterocycles. The Bertz CT molecular complexity index is 562. The number of aliphatic imine (C=N–C) groups is 1. The van der Waals surface area contributed by atoms with Crippen LogP contribution in [0, 0.1) is 0 Å². The Balaban J connectivity index is 0.00000220. The molecule has 21 heavy (non-hydrogen) atoms. The van der Waals surface area contributed by atoms with Crippen LogP contribution in [0.15, 0.2) is 35.5 Å². The number of guanidine groups is 1. The van der Waals surface area contributed by atoms with Crippen molar-refractivity contribution in [1.29, 1.82) is 0 Å². The van der Waals surface area contributed by atoms with Gasteiger partial charge in [-0.25, -0.2) is 0 Å². The summed E-state index contributed by atoms with van der Waals surface area (Å²) in [4.78, 5) is 7.81. The van der Waals surface area contributed by atoms with Crippen LogP contribution in [0.1, 0.15) is 25.8 Å². The van der Waals surface area contributed by atoms with Gasteiger partial charge in [-0.05, 0) is 31.4 Å². The maximum Gasteiger partial charge on any atom is 0.191 e. The van der Waals surface area contributed by atoms with Crippen LogP contribution in [-0.2, 0) is 6.42 Å². The number of fused-ring (bicyclic) bond motifs is 1. The summed E-state index contributed by atoms with van der Waals surface area (Å²) in [5.41, 5.74) is 2.55. The van der Waals surface area contributed by atoms with E-state index < -0.39 is 0 Å². The first-order chi connectivity index (χ1) is 9.85. The third kappa shape index (κ3) is 5.22. The summed E-state index contributed by atoms with van der Waals surface area (Å²) in [5, 5.41) is 7.96. The van der Waals surface area contributed by atoms with E-state index in [0.717, 1.165) is 38.4 Å². The quantitative estimate of drug-likeness (QED) is 0.396. The van der Waals surface area contributed by atoms with Gasteiger partial charge in [0, 0.05) is 36.7 Å². The molecule has 0 spiro atoms. The van der Waals surface area contributed by atoms with Crippen molar-refractivity contribution in [2.24, 2.45) is 4.99 Å². The molecule has 0 fully saturated rings. The molecule has 1 aromatic carbocycles. The van der Waals surface area contributed by atoms with Crippen molar-refractivity contribution in [3.63, 3.8) is 0 Å². The first kappa shape index (κ1) is 17.8. The SMILES string of the molecule is CCCN=C(NCC)NCCc1c[nH]c2ccccc12.I. The molecule has 0 unspecified atom stereocenters. The minimum Gasteiger partial charge on any atom is -0.361 e. The monoisotopic (exact) mass is 400 g/mol. The van der Waals surface area contributed by atoms with Crippen molar-refractivity contribution in [2.45, 2.75) is 26.7 Å². The average molecular weight is 400 g/mol. The summed E-state index contributed by atoms with van der Waals surface area (Å²) in [7, 11) is 0. The smallest absolute Gasteiger partial charge is 0.191 e. The number of hydrogen-bond acceptors (Lipinski definition) is 1. The minimum atomic E-state index is 0. The Kier molecular flexibility index (Phi) is 8.19. The predicted octanol–water partition coefficient (Wildman–Crippen LogP) is 3.29. The minimum absolute atomic E-state index is 0. The zero-order valence-corrected chi connectivity index (χ0v) is 15.1. The molecule has 116 valence electrons. The highest BCUT2D eigenvalue weighted by atomic mass is 127. The van der Waals surface area contributed by atoms with Crippen molar-refractivity contribution in [3.8, 4) is 0 Å². The van der Waals surface area contributed by atoms with E-state index in [1.165, 1.54) is 16.5 Å². The summed E-state index contributed by atoms with van der Waals surface area (Å²) in [5.74, 6) is 0.911. The number of halogens is 1. The van der Waals surface area contributed by atoms with E-state index in [0.29, 0.717) is 0 Å². The number of hydrogen-bond donors (Lipinski definition) is 3. The van der Waals surface area contributed by atoms with Gasteiger partial charge in [0.2, 0.25) is 0 Å². The lowest BCUT2D eigenvalue weighted by Crippen LogP contribution is -2.38. The second-order valence-corrected chi connectivity index (χ2v) is 4.80. The van der Waals surface area contributed by atoms with Gasteiger partial charge in [0.05, 0.1) is 0 Å². The molecule has 0 aliphatic heterocycles. The van der Waals surface area contributed by atoms with Crippen molar-refractivity contribution in [3.05, 3.63) is 36.0 Å². The molecule has 0 saturated carbocycles. The van der Waals surface area contributed by atoms with Gasteiger partial charge in [-0.1, -0.05) is 25.1 Å². The maximum atomic E-state index is 4.50. The molecule has 0 radical (unpaired) electrons. The molecule has 2 rings (SSSR count). The Morgan fingerprint density at radius 1 is 1.19 bits per heavy atom. The third-order valence-electron chi connectivity index (χ3n) is 3.20. The summed E-state index contributed by atoms with van der Waals surface area (Å²) >= 11 is 0. The fourth-order valence-corrected chi connectivity index (χ4v) is 2.22. The molecule has 0 aliphatic carbocycles. The Labute approximate surface area is 143 Å². The number of benzene rings is 1. The lowest BCUT2D eigenvalue weighted by molar-refractivity contribution is 0.795. The van der Waals surface area contributed by atoms with E-state index in [1.54, 1.807) is 0 Å². The van der Waals surface area contributed by atoms with Gasteiger partial charge in [-0.15, -0.1) is 24.0 Å². The molecule has 0 aliphatic rings. The van der Waals surface area contributed by atoms with Gasteiger partial charge in [-0.2, -0.15) is 0 Å². The van der Waals surface area contributed by atoms with Crippen LogP contribution in [0.3, 0.4) is 0 Å². The number of nitrogens with one attached hydrogen (secondary N) is 3. The summed E-state index contributed by atoms with van der Waals surface area (Å²) in [6.45, 7) is 6.87. The first-order valence-corrected chi connectivity index (χ1v) is 7.42. The van der Waals surface area contributed by atoms with Gasteiger partial charge in [0.25, 0.3) is 0 Å².